The zero-order valence-electron chi connectivity index (χ0n) is 17.6. The molecule has 2 amide bonds. The van der Waals surface area contributed by atoms with E-state index in [9.17, 15) is 18.0 Å². The van der Waals surface area contributed by atoms with E-state index in [-0.39, 0.29) is 23.1 Å². The van der Waals surface area contributed by atoms with E-state index in [0.29, 0.717) is 31.0 Å². The summed E-state index contributed by atoms with van der Waals surface area (Å²) in [5, 5.41) is 3.32. The van der Waals surface area contributed by atoms with E-state index in [0.717, 1.165) is 25.9 Å². The molecule has 2 saturated heterocycles. The number of nitrogens with one attached hydrogen (secondary N) is 2. The second-order valence-corrected chi connectivity index (χ2v) is 10.5. The van der Waals surface area contributed by atoms with Gasteiger partial charge in [-0.1, -0.05) is 19.1 Å². The van der Waals surface area contributed by atoms with Gasteiger partial charge in [-0.05, 0) is 44.2 Å². The Morgan fingerprint density at radius 1 is 1.23 bits per heavy atom. The van der Waals surface area contributed by atoms with Crippen molar-refractivity contribution in [2.24, 2.45) is 5.92 Å². The number of hydrogen-bond donors (Lipinski definition) is 2. The first kappa shape index (κ1) is 21.1. The van der Waals surface area contributed by atoms with Crippen molar-refractivity contribution in [2.45, 2.75) is 62.6 Å². The molecule has 2 fully saturated rings. The van der Waals surface area contributed by atoms with Gasteiger partial charge in [-0.25, -0.2) is 8.42 Å². The minimum absolute atomic E-state index is 0.0200. The monoisotopic (exact) mass is 434 g/mol. The Balaban J connectivity index is 1.52. The Kier molecular flexibility index (Phi) is 5.52. The number of fused-ring (bicyclic) bond motifs is 1. The highest BCUT2D eigenvalue weighted by molar-refractivity contribution is 7.89. The summed E-state index contributed by atoms with van der Waals surface area (Å²) < 4.78 is 28.4. The normalized spacial score (nSPS) is 29.7. The average Bonchev–Trinajstić information content (AvgIpc) is 2.85. The van der Waals surface area contributed by atoms with E-state index in [1.807, 2.05) is 4.90 Å². The Morgan fingerprint density at radius 2 is 2.00 bits per heavy atom. The Hall–Kier alpha value is -2.13. The molecule has 0 aliphatic carbocycles. The third-order valence-electron chi connectivity index (χ3n) is 6.54. The quantitative estimate of drug-likeness (QED) is 0.739. The fraction of sp³-hybridized carbons (Fsp3) is 0.619. The Labute approximate surface area is 178 Å². The van der Waals surface area contributed by atoms with E-state index in [1.165, 1.54) is 0 Å². The molecule has 3 heterocycles. The fourth-order valence-electron chi connectivity index (χ4n) is 4.85. The molecule has 3 atom stereocenters. The van der Waals surface area contributed by atoms with Crippen LogP contribution in [0, 0.1) is 5.92 Å². The number of amides is 2. The van der Waals surface area contributed by atoms with Gasteiger partial charge in [-0.15, -0.1) is 0 Å². The van der Waals surface area contributed by atoms with Gasteiger partial charge >= 0.3 is 0 Å². The zero-order chi connectivity index (χ0) is 21.5. The lowest BCUT2D eigenvalue weighted by Gasteiger charge is -2.40. The Bertz CT molecular complexity index is 950. The molecule has 164 valence electrons. The number of carbonyl (C=O) groups excluding carboxylic acids is 2. The second-order valence-electron chi connectivity index (χ2n) is 8.85. The van der Waals surface area contributed by atoms with Crippen LogP contribution in [0.25, 0.3) is 0 Å². The highest BCUT2D eigenvalue weighted by atomic mass is 32.2. The maximum absolute atomic E-state index is 13.0. The number of piperidine rings is 1. The predicted molar refractivity (Wildman–Crippen MR) is 113 cm³/mol. The number of benzene rings is 1. The summed E-state index contributed by atoms with van der Waals surface area (Å²) in [5.74, 6) is 0.338. The van der Waals surface area contributed by atoms with E-state index >= 15 is 0 Å². The second kappa shape index (κ2) is 7.85. The lowest BCUT2D eigenvalue weighted by Crippen LogP contribution is -2.58. The molecule has 1 spiro atoms. The van der Waals surface area contributed by atoms with Crippen LogP contribution in [0.3, 0.4) is 0 Å². The van der Waals surface area contributed by atoms with Crippen LogP contribution in [-0.2, 0) is 19.6 Å². The lowest BCUT2D eigenvalue weighted by molar-refractivity contribution is -0.145. The molecule has 30 heavy (non-hydrogen) atoms. The van der Waals surface area contributed by atoms with Crippen molar-refractivity contribution in [3.05, 3.63) is 24.3 Å². The summed E-state index contributed by atoms with van der Waals surface area (Å²) in [6.07, 6.45) is 3.00. The first-order valence-electron chi connectivity index (χ1n) is 10.7. The molecule has 4 rings (SSSR count). The molecular weight excluding hydrogens is 404 g/mol. The number of anilines is 1. The zero-order valence-corrected chi connectivity index (χ0v) is 18.4. The molecule has 0 saturated carbocycles. The van der Waals surface area contributed by atoms with Crippen molar-refractivity contribution in [3.8, 4) is 0 Å². The van der Waals surface area contributed by atoms with Gasteiger partial charge in [0.1, 0.15) is 16.6 Å². The number of sulfonamides is 1. The van der Waals surface area contributed by atoms with Crippen LogP contribution in [0.4, 0.5) is 5.69 Å². The summed E-state index contributed by atoms with van der Waals surface area (Å²) in [7, 11) is -3.68. The number of nitrogens with zero attached hydrogens (tertiary/aromatic N) is 2. The topological polar surface area (TPSA) is 98.8 Å². The van der Waals surface area contributed by atoms with Gasteiger partial charge in [-0.2, -0.15) is 4.72 Å². The van der Waals surface area contributed by atoms with Crippen LogP contribution in [0.2, 0.25) is 0 Å². The molecule has 3 aliphatic rings. The highest BCUT2D eigenvalue weighted by Gasteiger charge is 2.44. The maximum Gasteiger partial charge on any atom is 0.245 e. The molecule has 1 aromatic carbocycles. The average molecular weight is 435 g/mol. The number of rotatable bonds is 2. The van der Waals surface area contributed by atoms with Gasteiger partial charge in [0.15, 0.2) is 0 Å². The number of hydrogen-bond acceptors (Lipinski definition) is 5. The molecule has 2 N–H and O–H groups in total. The number of para-hydroxylation sites is 1. The third kappa shape index (κ3) is 3.92. The van der Waals surface area contributed by atoms with Gasteiger partial charge in [0.25, 0.3) is 0 Å². The van der Waals surface area contributed by atoms with Crippen LogP contribution in [-0.4, -0.2) is 61.4 Å². The minimum atomic E-state index is -3.68. The van der Waals surface area contributed by atoms with E-state index in [2.05, 4.69) is 17.0 Å². The van der Waals surface area contributed by atoms with Gasteiger partial charge in [0.05, 0.1) is 5.69 Å². The van der Waals surface area contributed by atoms with Crippen molar-refractivity contribution in [1.82, 2.24) is 14.5 Å². The van der Waals surface area contributed by atoms with Gasteiger partial charge < -0.3 is 15.1 Å². The third-order valence-corrected chi connectivity index (χ3v) is 8.13. The highest BCUT2D eigenvalue weighted by Crippen LogP contribution is 2.35. The van der Waals surface area contributed by atoms with Crippen molar-refractivity contribution < 1.29 is 18.0 Å². The van der Waals surface area contributed by atoms with Crippen molar-refractivity contribution >= 4 is 27.5 Å². The Morgan fingerprint density at radius 3 is 2.77 bits per heavy atom. The van der Waals surface area contributed by atoms with Crippen molar-refractivity contribution in [1.29, 1.82) is 0 Å². The summed E-state index contributed by atoms with van der Waals surface area (Å²) in [6, 6.07) is 6.22. The van der Waals surface area contributed by atoms with Crippen LogP contribution < -0.4 is 10.0 Å². The van der Waals surface area contributed by atoms with Crippen LogP contribution in [0.5, 0.6) is 0 Å². The summed E-state index contributed by atoms with van der Waals surface area (Å²) in [4.78, 5) is 29.6. The minimum Gasteiger partial charge on any atom is -0.365 e. The molecule has 0 aromatic heterocycles. The molecule has 9 heteroatoms. The number of likely N-dealkylation sites (tertiary alicyclic amines) is 2. The maximum atomic E-state index is 13.0. The summed E-state index contributed by atoms with van der Waals surface area (Å²) in [6.45, 7) is 5.70. The molecule has 0 bridgehead atoms. The molecule has 0 radical (unpaired) electrons. The SMILES string of the molecule is C[C@@H]1CCCN(C(=O)[C@H](C)N2CC[C@]3(CCC2=O)Nc2ccccc2S(=O)(=O)N3)C1. The lowest BCUT2D eigenvalue weighted by atomic mass is 9.99. The van der Waals surface area contributed by atoms with Crippen LogP contribution in [0.15, 0.2) is 29.2 Å². The van der Waals surface area contributed by atoms with Crippen molar-refractivity contribution in [2.75, 3.05) is 25.0 Å². The van der Waals surface area contributed by atoms with Gasteiger partial charge in [0, 0.05) is 32.5 Å². The first-order valence-corrected chi connectivity index (χ1v) is 12.2. The predicted octanol–water partition coefficient (Wildman–Crippen LogP) is 1.75. The standard InChI is InChI=1S/C21H30N4O4S/c1-15-6-5-12-24(14-15)20(27)16(2)25-13-11-21(10-9-19(25)26)22-17-7-3-4-8-18(17)30(28,29)23-21/h3-4,7-8,15-16,22-23H,5-6,9-14H2,1-2H3/t15-,16+,21-/m1/s1. The summed E-state index contributed by atoms with van der Waals surface area (Å²) in [5.41, 5.74) is -0.386. The summed E-state index contributed by atoms with van der Waals surface area (Å²) >= 11 is 0. The van der Waals surface area contributed by atoms with Crippen LogP contribution in [0.1, 0.15) is 46.0 Å². The molecule has 8 nitrogen and oxygen atoms in total. The van der Waals surface area contributed by atoms with Crippen molar-refractivity contribution in [3.63, 3.8) is 0 Å². The van der Waals surface area contributed by atoms with E-state index < -0.39 is 21.7 Å². The molecule has 0 unspecified atom stereocenters. The largest absolute Gasteiger partial charge is 0.365 e. The fourth-order valence-corrected chi connectivity index (χ4v) is 6.39. The van der Waals surface area contributed by atoms with Gasteiger partial charge in [0.2, 0.25) is 21.8 Å². The van der Waals surface area contributed by atoms with Crippen LogP contribution >= 0.6 is 0 Å². The van der Waals surface area contributed by atoms with E-state index in [1.54, 1.807) is 36.1 Å². The molecular formula is C21H30N4O4S. The van der Waals surface area contributed by atoms with E-state index in [4.69, 9.17) is 0 Å². The van der Waals surface area contributed by atoms with Gasteiger partial charge in [-0.3, -0.25) is 9.59 Å². The molecule has 3 aliphatic heterocycles. The smallest absolute Gasteiger partial charge is 0.245 e. The molecule has 1 aromatic rings. The number of carbonyl (C=O) groups is 2. The first-order chi connectivity index (χ1) is 14.2.